The predicted molar refractivity (Wildman–Crippen MR) is 121 cm³/mol. The molecule has 1 saturated carbocycles. The summed E-state index contributed by atoms with van der Waals surface area (Å²) in [5, 5.41) is 10.3. The summed E-state index contributed by atoms with van der Waals surface area (Å²) in [4.78, 5) is 38.3. The number of esters is 2. The lowest BCUT2D eigenvalue weighted by atomic mass is 9.42. The van der Waals surface area contributed by atoms with E-state index in [1.807, 2.05) is 19.9 Å². The first kappa shape index (κ1) is 23.1. The number of rotatable bonds is 3. The molecule has 6 aliphatic rings. The average Bonchev–Trinajstić information content (AvgIpc) is 3.51. The van der Waals surface area contributed by atoms with Gasteiger partial charge in [0.25, 0.3) is 0 Å². The molecule has 3 heterocycles. The Hall–Kier alpha value is -2.29. The van der Waals surface area contributed by atoms with Crippen LogP contribution in [0.4, 0.5) is 0 Å². The summed E-state index contributed by atoms with van der Waals surface area (Å²) in [6, 6.07) is 0. The van der Waals surface area contributed by atoms with Crippen molar-refractivity contribution < 1.29 is 38.4 Å². The summed E-state index contributed by atoms with van der Waals surface area (Å²) in [7, 11) is 1.37. The molecule has 1 N–H and O–H groups in total. The first-order valence-corrected chi connectivity index (χ1v) is 12.4. The van der Waals surface area contributed by atoms with E-state index in [0.29, 0.717) is 18.6 Å². The molecule has 0 amide bonds. The van der Waals surface area contributed by atoms with E-state index in [1.54, 1.807) is 6.08 Å². The number of hydrogen-bond donors (Lipinski definition) is 1. The number of aliphatic hydroxyl groups excluding tert-OH is 1. The Kier molecular flexibility index (Phi) is 4.72. The van der Waals surface area contributed by atoms with E-state index < -0.39 is 23.1 Å². The van der Waals surface area contributed by atoms with Crippen molar-refractivity contribution in [3.63, 3.8) is 0 Å². The molecular formula is C27H32O8. The number of aliphatic hydroxyl groups is 1. The molecular weight excluding hydrogens is 452 g/mol. The molecule has 3 aliphatic heterocycles. The predicted octanol–water partition coefficient (Wildman–Crippen LogP) is 2.26. The molecule has 2 saturated heterocycles. The monoisotopic (exact) mass is 484 g/mol. The van der Waals surface area contributed by atoms with Crippen LogP contribution in [0.25, 0.3) is 0 Å². The molecule has 0 bridgehead atoms. The van der Waals surface area contributed by atoms with E-state index in [0.717, 1.165) is 11.1 Å². The first-order valence-electron chi connectivity index (χ1n) is 12.4. The number of cyclic esters (lactones) is 1. The Morgan fingerprint density at radius 2 is 1.97 bits per heavy atom. The molecule has 0 spiro atoms. The van der Waals surface area contributed by atoms with Gasteiger partial charge in [0.05, 0.1) is 38.4 Å². The molecule has 0 aromatic heterocycles. The molecule has 3 fully saturated rings. The Bertz CT molecular complexity index is 1130. The van der Waals surface area contributed by atoms with Gasteiger partial charge in [0.15, 0.2) is 5.78 Å². The second-order valence-corrected chi connectivity index (χ2v) is 11.7. The minimum Gasteiger partial charge on any atom is -0.469 e. The number of allylic oxidation sites excluding steroid dienone is 2. The molecule has 8 heteroatoms. The Morgan fingerprint density at radius 3 is 2.63 bits per heavy atom. The number of hydrogen-bond acceptors (Lipinski definition) is 8. The van der Waals surface area contributed by atoms with Gasteiger partial charge < -0.3 is 24.1 Å². The van der Waals surface area contributed by atoms with Crippen LogP contribution < -0.4 is 0 Å². The van der Waals surface area contributed by atoms with Crippen molar-refractivity contribution in [1.29, 1.82) is 0 Å². The normalized spacial score (nSPS) is 49.5. The van der Waals surface area contributed by atoms with Crippen molar-refractivity contribution in [2.75, 3.05) is 13.7 Å². The third-order valence-electron chi connectivity index (χ3n) is 10.2. The van der Waals surface area contributed by atoms with Crippen molar-refractivity contribution >= 4 is 17.7 Å². The van der Waals surface area contributed by atoms with Gasteiger partial charge in [-0.25, -0.2) is 4.79 Å². The highest BCUT2D eigenvalue weighted by Crippen LogP contribution is 2.71. The van der Waals surface area contributed by atoms with Gasteiger partial charge in [-0.1, -0.05) is 32.4 Å². The quantitative estimate of drug-likeness (QED) is 0.480. The van der Waals surface area contributed by atoms with Crippen LogP contribution >= 0.6 is 0 Å². The lowest BCUT2D eigenvalue weighted by Gasteiger charge is -2.60. The zero-order valence-electron chi connectivity index (χ0n) is 20.7. The summed E-state index contributed by atoms with van der Waals surface area (Å²) in [6.07, 6.45) is 3.51. The van der Waals surface area contributed by atoms with Crippen LogP contribution in [0.5, 0.6) is 0 Å². The van der Waals surface area contributed by atoms with Crippen molar-refractivity contribution in [1.82, 2.24) is 0 Å². The van der Waals surface area contributed by atoms with Crippen LogP contribution in [-0.2, 0) is 33.3 Å². The molecule has 0 aromatic carbocycles. The SMILES string of the molecule is COC(=O)C[C@H]1[C@]2(C)C3=C(C)[C@H](C4=CC(=O)OC4O)C[C@H]3O[C@@H]2[C@@H]2OC[C@]3(C)C=CC(=O)[C@@]1(C)[C@@H]23. The number of ketones is 1. The highest BCUT2D eigenvalue weighted by molar-refractivity contribution is 5.97. The fourth-order valence-electron chi connectivity index (χ4n) is 8.76. The van der Waals surface area contributed by atoms with Gasteiger partial charge in [0, 0.05) is 39.7 Å². The maximum absolute atomic E-state index is 13.7. The van der Waals surface area contributed by atoms with E-state index in [-0.39, 0.29) is 59.7 Å². The van der Waals surface area contributed by atoms with E-state index >= 15 is 0 Å². The topological polar surface area (TPSA) is 108 Å². The molecule has 0 radical (unpaired) electrons. The van der Waals surface area contributed by atoms with Gasteiger partial charge in [-0.3, -0.25) is 9.59 Å². The number of ether oxygens (including phenoxy) is 4. The summed E-state index contributed by atoms with van der Waals surface area (Å²) in [5.41, 5.74) is 0.734. The standard InChI is InChI=1S/C27H32O8/c1-12-13(14-9-19(30)35-24(14)31)8-15-20(12)27(4)16(10-18(29)32-5)26(3)17(28)6-7-25(2)11-33-21(22(25)26)23(27)34-15/h6-7,9,13,15-16,21-24,31H,8,10-11H2,1-5H3/t13-,15-,16-,21-,22+,23-,24?,25+,26+,27-/m1/s1. The molecule has 1 unspecified atom stereocenters. The van der Waals surface area contributed by atoms with Gasteiger partial charge >= 0.3 is 11.9 Å². The highest BCUT2D eigenvalue weighted by Gasteiger charge is 2.75. The maximum atomic E-state index is 13.7. The van der Waals surface area contributed by atoms with Crippen molar-refractivity contribution in [3.05, 3.63) is 34.9 Å². The number of methoxy groups -OCH3 is 1. The number of carbonyl (C=O) groups is 3. The van der Waals surface area contributed by atoms with Crippen LogP contribution in [0.1, 0.15) is 40.5 Å². The van der Waals surface area contributed by atoms with Crippen LogP contribution in [0.2, 0.25) is 0 Å². The fourth-order valence-corrected chi connectivity index (χ4v) is 8.76. The zero-order chi connectivity index (χ0) is 25.1. The molecule has 8 nitrogen and oxygen atoms in total. The van der Waals surface area contributed by atoms with Gasteiger partial charge in [-0.05, 0) is 30.9 Å². The summed E-state index contributed by atoms with van der Waals surface area (Å²) in [5.74, 6) is -1.62. The van der Waals surface area contributed by atoms with Gasteiger partial charge in [-0.15, -0.1) is 0 Å². The molecule has 188 valence electrons. The Labute approximate surface area is 204 Å². The summed E-state index contributed by atoms with van der Waals surface area (Å²) < 4.78 is 23.3. The molecule has 6 rings (SSSR count). The number of carbonyl (C=O) groups excluding carboxylic acids is 3. The van der Waals surface area contributed by atoms with Gasteiger partial charge in [0.1, 0.15) is 0 Å². The Balaban J connectivity index is 1.53. The Morgan fingerprint density at radius 1 is 1.23 bits per heavy atom. The van der Waals surface area contributed by atoms with E-state index in [9.17, 15) is 19.5 Å². The van der Waals surface area contributed by atoms with Gasteiger partial charge in [-0.2, -0.15) is 0 Å². The third kappa shape index (κ3) is 2.71. The fraction of sp³-hybridized carbons (Fsp3) is 0.667. The second-order valence-electron chi connectivity index (χ2n) is 11.7. The largest absolute Gasteiger partial charge is 0.469 e. The minimum atomic E-state index is -1.27. The lowest BCUT2D eigenvalue weighted by molar-refractivity contribution is -0.188. The third-order valence-corrected chi connectivity index (χ3v) is 10.2. The summed E-state index contributed by atoms with van der Waals surface area (Å²) in [6.45, 7) is 8.70. The van der Waals surface area contributed by atoms with Crippen LogP contribution in [0.3, 0.4) is 0 Å². The molecule has 3 aliphatic carbocycles. The minimum absolute atomic E-state index is 0.00761. The van der Waals surface area contributed by atoms with Crippen molar-refractivity contribution in [3.8, 4) is 0 Å². The first-order chi connectivity index (χ1) is 16.5. The molecule has 10 atom stereocenters. The highest BCUT2D eigenvalue weighted by atomic mass is 16.6. The summed E-state index contributed by atoms with van der Waals surface area (Å²) >= 11 is 0. The van der Waals surface area contributed by atoms with Crippen molar-refractivity contribution in [2.24, 2.45) is 34.0 Å². The van der Waals surface area contributed by atoms with E-state index in [4.69, 9.17) is 18.9 Å². The van der Waals surface area contributed by atoms with Crippen LogP contribution in [0.15, 0.2) is 34.9 Å². The van der Waals surface area contributed by atoms with Crippen LogP contribution in [-0.4, -0.2) is 61.1 Å². The van der Waals surface area contributed by atoms with Crippen molar-refractivity contribution in [2.45, 2.75) is 65.1 Å². The lowest BCUT2D eigenvalue weighted by Crippen LogP contribution is -2.66. The number of fused-ring (bicyclic) bond motifs is 4. The smallest absolute Gasteiger partial charge is 0.333 e. The van der Waals surface area contributed by atoms with Gasteiger partial charge in [0.2, 0.25) is 6.29 Å². The molecule has 35 heavy (non-hydrogen) atoms. The maximum Gasteiger partial charge on any atom is 0.333 e. The van der Waals surface area contributed by atoms with Crippen LogP contribution in [0, 0.1) is 34.0 Å². The second kappa shape index (κ2) is 7.14. The van der Waals surface area contributed by atoms with E-state index in [1.165, 1.54) is 13.2 Å². The zero-order valence-corrected chi connectivity index (χ0v) is 20.7. The average molecular weight is 485 g/mol. The van der Waals surface area contributed by atoms with E-state index in [2.05, 4.69) is 13.8 Å². The molecule has 0 aromatic rings.